The Morgan fingerprint density at radius 3 is 2.54 bits per heavy atom. The van der Waals surface area contributed by atoms with Crippen LogP contribution in [-0.2, 0) is 24.3 Å². The van der Waals surface area contributed by atoms with Crippen LogP contribution < -0.4 is 5.32 Å². The molecule has 0 aromatic heterocycles. The Balaban J connectivity index is 2.03. The third-order valence-electron chi connectivity index (χ3n) is 3.75. The fourth-order valence-corrected chi connectivity index (χ4v) is 3.15. The van der Waals surface area contributed by atoms with Crippen LogP contribution in [0.5, 0.6) is 0 Å². The van der Waals surface area contributed by atoms with Gasteiger partial charge in [0.1, 0.15) is 0 Å². The van der Waals surface area contributed by atoms with Gasteiger partial charge >= 0.3 is 5.97 Å². The van der Waals surface area contributed by atoms with E-state index in [0.29, 0.717) is 5.92 Å². The summed E-state index contributed by atoms with van der Waals surface area (Å²) < 4.78 is 30.2. The summed E-state index contributed by atoms with van der Waals surface area (Å²) in [6.45, 7) is 1.49. The second-order valence-corrected chi connectivity index (χ2v) is 8.46. The third kappa shape index (κ3) is 4.25. The molecule has 0 unspecified atom stereocenters. The molecule has 0 aliphatic heterocycles. The van der Waals surface area contributed by atoms with Crippen molar-refractivity contribution in [2.75, 3.05) is 26.0 Å². The fourth-order valence-electron chi connectivity index (χ4n) is 2.05. The molecule has 0 saturated heterocycles. The molecule has 1 aromatic carbocycles. The van der Waals surface area contributed by atoms with Gasteiger partial charge in [0, 0.05) is 14.1 Å². The molecule has 1 aliphatic carbocycles. The number of nitrogens with one attached hydrogen (secondary N) is 1. The molecule has 9 heteroatoms. The number of nitrogens with zero attached hydrogens (tertiary/aromatic N) is 1. The number of rotatable bonds is 6. The quantitative estimate of drug-likeness (QED) is 0.765. The summed E-state index contributed by atoms with van der Waals surface area (Å²) in [4.78, 5) is 23.5. The van der Waals surface area contributed by atoms with Gasteiger partial charge in [0.05, 0.1) is 21.5 Å². The number of sulfonamides is 1. The van der Waals surface area contributed by atoms with Gasteiger partial charge in [-0.1, -0.05) is 18.5 Å². The zero-order chi connectivity index (χ0) is 18.1. The average molecular weight is 375 g/mol. The first kappa shape index (κ1) is 18.7. The van der Waals surface area contributed by atoms with Gasteiger partial charge in [0.15, 0.2) is 6.61 Å². The van der Waals surface area contributed by atoms with E-state index in [0.717, 1.165) is 10.7 Å². The van der Waals surface area contributed by atoms with Gasteiger partial charge in [0.25, 0.3) is 5.91 Å². The summed E-state index contributed by atoms with van der Waals surface area (Å²) in [7, 11) is -0.842. The number of carbonyl (C=O) groups is 2. The van der Waals surface area contributed by atoms with E-state index < -0.39 is 28.5 Å². The average Bonchev–Trinajstić information content (AvgIpc) is 3.23. The molecule has 0 bridgehead atoms. The van der Waals surface area contributed by atoms with Gasteiger partial charge in [-0.25, -0.2) is 12.7 Å². The first-order valence-corrected chi connectivity index (χ1v) is 9.13. The molecule has 0 spiro atoms. The molecule has 0 radical (unpaired) electrons. The molecule has 1 N–H and O–H groups in total. The minimum Gasteiger partial charge on any atom is -0.455 e. The molecule has 0 heterocycles. The van der Waals surface area contributed by atoms with E-state index in [1.54, 1.807) is 0 Å². The molecule has 1 fully saturated rings. The third-order valence-corrected chi connectivity index (χ3v) is 5.89. The summed E-state index contributed by atoms with van der Waals surface area (Å²) in [6, 6.07) is 3.99. The van der Waals surface area contributed by atoms with Crippen molar-refractivity contribution in [3.05, 3.63) is 23.2 Å². The predicted molar refractivity (Wildman–Crippen MR) is 89.2 cm³/mol. The van der Waals surface area contributed by atoms with Crippen LogP contribution in [0, 0.1) is 11.8 Å². The highest BCUT2D eigenvalue weighted by atomic mass is 35.5. The lowest BCUT2D eigenvalue weighted by atomic mass is 10.3. The molecule has 1 aromatic rings. The topological polar surface area (TPSA) is 92.8 Å². The van der Waals surface area contributed by atoms with Crippen LogP contribution >= 0.6 is 11.6 Å². The number of hydrogen-bond acceptors (Lipinski definition) is 5. The van der Waals surface area contributed by atoms with Crippen molar-refractivity contribution in [3.8, 4) is 0 Å². The van der Waals surface area contributed by atoms with E-state index in [4.69, 9.17) is 16.3 Å². The van der Waals surface area contributed by atoms with Gasteiger partial charge in [-0.2, -0.15) is 0 Å². The Labute approximate surface area is 146 Å². The van der Waals surface area contributed by atoms with E-state index in [9.17, 15) is 18.0 Å². The summed E-state index contributed by atoms with van der Waals surface area (Å²) in [5.74, 6) is -0.816. The van der Waals surface area contributed by atoms with Crippen molar-refractivity contribution in [2.45, 2.75) is 18.2 Å². The molecule has 1 saturated carbocycles. The monoisotopic (exact) mass is 374 g/mol. The van der Waals surface area contributed by atoms with Crippen LogP contribution in [-0.4, -0.2) is 45.3 Å². The van der Waals surface area contributed by atoms with Gasteiger partial charge < -0.3 is 10.1 Å². The van der Waals surface area contributed by atoms with Crippen molar-refractivity contribution >= 4 is 39.2 Å². The lowest BCUT2D eigenvalue weighted by Crippen LogP contribution is -2.23. The van der Waals surface area contributed by atoms with E-state index in [1.165, 1.54) is 32.3 Å². The Bertz CT molecular complexity index is 763. The zero-order valence-electron chi connectivity index (χ0n) is 13.6. The molecule has 132 valence electrons. The lowest BCUT2D eigenvalue weighted by molar-refractivity contribution is -0.148. The first-order chi connectivity index (χ1) is 11.1. The van der Waals surface area contributed by atoms with Crippen LogP contribution in [0.2, 0.25) is 5.02 Å². The number of benzene rings is 1. The summed E-state index contributed by atoms with van der Waals surface area (Å²) in [5, 5.41) is 2.64. The number of hydrogen-bond donors (Lipinski definition) is 1. The van der Waals surface area contributed by atoms with Crippen molar-refractivity contribution in [1.29, 1.82) is 0 Å². The predicted octanol–water partition coefficient (Wildman–Crippen LogP) is 1.73. The first-order valence-electron chi connectivity index (χ1n) is 7.31. The minimum absolute atomic E-state index is 0.00370. The summed E-state index contributed by atoms with van der Waals surface area (Å²) in [6.07, 6.45) is 0.775. The molecule has 24 heavy (non-hydrogen) atoms. The lowest BCUT2D eigenvalue weighted by Gasteiger charge is -2.14. The minimum atomic E-state index is -3.65. The fraction of sp³-hybridized carbons (Fsp3) is 0.467. The van der Waals surface area contributed by atoms with E-state index in [2.05, 4.69) is 5.32 Å². The number of esters is 1. The van der Waals surface area contributed by atoms with E-state index in [1.807, 2.05) is 6.92 Å². The Morgan fingerprint density at radius 1 is 1.38 bits per heavy atom. The van der Waals surface area contributed by atoms with Crippen molar-refractivity contribution in [3.63, 3.8) is 0 Å². The van der Waals surface area contributed by atoms with Gasteiger partial charge in [-0.3, -0.25) is 9.59 Å². The molecule has 1 aliphatic rings. The molecule has 2 rings (SSSR count). The normalized spacial score (nSPS) is 19.9. The number of amides is 1. The van der Waals surface area contributed by atoms with Gasteiger partial charge in [0.2, 0.25) is 10.0 Å². The number of carbonyl (C=O) groups excluding carboxylic acids is 2. The van der Waals surface area contributed by atoms with Crippen LogP contribution in [0.3, 0.4) is 0 Å². The summed E-state index contributed by atoms with van der Waals surface area (Å²) in [5.41, 5.74) is 0.139. The maximum atomic E-state index is 12.1. The van der Waals surface area contributed by atoms with Gasteiger partial charge in [-0.15, -0.1) is 0 Å². The number of ether oxygens (including phenoxy) is 1. The Hall–Kier alpha value is -1.64. The second-order valence-electron chi connectivity index (χ2n) is 5.90. The van der Waals surface area contributed by atoms with Crippen molar-refractivity contribution < 1.29 is 22.7 Å². The van der Waals surface area contributed by atoms with Crippen LogP contribution in [0.15, 0.2) is 23.1 Å². The molecular formula is C15H19ClN2O5S. The second kappa shape index (κ2) is 7.08. The van der Waals surface area contributed by atoms with Crippen LogP contribution in [0.25, 0.3) is 0 Å². The van der Waals surface area contributed by atoms with Gasteiger partial charge in [-0.05, 0) is 30.5 Å². The summed E-state index contributed by atoms with van der Waals surface area (Å²) >= 11 is 5.98. The maximum absolute atomic E-state index is 12.1. The smallest absolute Gasteiger partial charge is 0.309 e. The largest absolute Gasteiger partial charge is 0.455 e. The highest BCUT2D eigenvalue weighted by molar-refractivity contribution is 7.89. The highest BCUT2D eigenvalue weighted by Crippen LogP contribution is 2.38. The Morgan fingerprint density at radius 2 is 2.00 bits per heavy atom. The van der Waals surface area contributed by atoms with Crippen LogP contribution in [0.4, 0.5) is 5.69 Å². The highest BCUT2D eigenvalue weighted by Gasteiger charge is 2.40. The standard InChI is InChI=1S/C15H19ClN2O5S/c1-9-6-11(9)15(20)23-8-14(19)17-13-7-10(4-5-12(13)16)24(21,22)18(2)3/h4-5,7,9,11H,6,8H2,1-3H3,(H,17,19)/t9-,11-/m0/s1. The van der Waals surface area contributed by atoms with Crippen molar-refractivity contribution in [1.82, 2.24) is 4.31 Å². The van der Waals surface area contributed by atoms with E-state index >= 15 is 0 Å². The maximum Gasteiger partial charge on any atom is 0.309 e. The zero-order valence-corrected chi connectivity index (χ0v) is 15.1. The molecular weight excluding hydrogens is 356 g/mol. The molecule has 7 nitrogen and oxygen atoms in total. The SMILES string of the molecule is C[C@H]1C[C@@H]1C(=O)OCC(=O)Nc1cc(S(=O)(=O)N(C)C)ccc1Cl. The van der Waals surface area contributed by atoms with Crippen LogP contribution in [0.1, 0.15) is 13.3 Å². The molecule has 1 amide bonds. The number of anilines is 1. The molecule has 2 atom stereocenters. The van der Waals surface area contributed by atoms with Crippen molar-refractivity contribution in [2.24, 2.45) is 11.8 Å². The van der Waals surface area contributed by atoms with E-state index in [-0.39, 0.29) is 21.5 Å². The Kier molecular flexibility index (Phi) is 5.52. The number of halogens is 1.